The van der Waals surface area contributed by atoms with Gasteiger partial charge in [-0.25, -0.2) is 0 Å². The molecule has 1 aromatic carbocycles. The van der Waals surface area contributed by atoms with Gasteiger partial charge in [0.25, 0.3) is 0 Å². The number of ether oxygens (including phenoxy) is 1. The Kier molecular flexibility index (Phi) is 6.65. The van der Waals surface area contributed by atoms with E-state index in [4.69, 9.17) is 33.0 Å². The molecule has 126 valence electrons. The number of carboxylic acids is 1. The molecule has 2 rings (SSSR count). The van der Waals surface area contributed by atoms with Crippen LogP contribution in [0.25, 0.3) is 0 Å². The van der Waals surface area contributed by atoms with E-state index < -0.39 is 12.0 Å². The molecule has 1 heterocycles. The van der Waals surface area contributed by atoms with Gasteiger partial charge in [-0.15, -0.1) is 0 Å². The van der Waals surface area contributed by atoms with Gasteiger partial charge in [-0.3, -0.25) is 14.5 Å². The van der Waals surface area contributed by atoms with Crippen LogP contribution in [-0.2, 0) is 14.3 Å². The van der Waals surface area contributed by atoms with Crippen molar-refractivity contribution in [2.75, 3.05) is 32.8 Å². The van der Waals surface area contributed by atoms with Gasteiger partial charge in [-0.1, -0.05) is 29.3 Å². The zero-order valence-electron chi connectivity index (χ0n) is 12.4. The summed E-state index contributed by atoms with van der Waals surface area (Å²) in [5.41, 5.74) is 0.644. The normalized spacial score (nSPS) is 16.8. The van der Waals surface area contributed by atoms with Gasteiger partial charge in [-0.2, -0.15) is 0 Å². The van der Waals surface area contributed by atoms with E-state index >= 15 is 0 Å². The summed E-state index contributed by atoms with van der Waals surface area (Å²) in [5, 5.41) is 12.2. The van der Waals surface area contributed by atoms with Gasteiger partial charge in [0, 0.05) is 29.7 Å². The molecule has 1 aliphatic rings. The third-order valence-corrected chi connectivity index (χ3v) is 4.12. The fourth-order valence-corrected chi connectivity index (χ4v) is 2.96. The van der Waals surface area contributed by atoms with Crippen LogP contribution in [0.4, 0.5) is 0 Å². The third-order valence-electron chi connectivity index (χ3n) is 3.55. The van der Waals surface area contributed by atoms with E-state index in [9.17, 15) is 9.59 Å². The van der Waals surface area contributed by atoms with E-state index in [1.54, 1.807) is 18.2 Å². The molecule has 0 aliphatic carbocycles. The van der Waals surface area contributed by atoms with E-state index in [-0.39, 0.29) is 18.9 Å². The first-order valence-corrected chi connectivity index (χ1v) is 8.01. The van der Waals surface area contributed by atoms with Gasteiger partial charge < -0.3 is 15.2 Å². The highest BCUT2D eigenvalue weighted by molar-refractivity contribution is 6.35. The zero-order valence-corrected chi connectivity index (χ0v) is 13.9. The number of morpholine rings is 1. The number of hydrogen-bond donors (Lipinski definition) is 2. The first kappa shape index (κ1) is 18.0. The lowest BCUT2D eigenvalue weighted by Crippen LogP contribution is -2.46. The highest BCUT2D eigenvalue weighted by atomic mass is 35.5. The second-order valence-corrected chi connectivity index (χ2v) is 6.00. The Morgan fingerprint density at radius 3 is 2.61 bits per heavy atom. The number of amides is 1. The Balaban J connectivity index is 2.20. The summed E-state index contributed by atoms with van der Waals surface area (Å²) in [5.74, 6) is -1.24. The van der Waals surface area contributed by atoms with Gasteiger partial charge in [0.1, 0.15) is 6.04 Å². The lowest BCUT2D eigenvalue weighted by atomic mass is 10.0. The maximum atomic E-state index is 12.6. The Bertz CT molecular complexity index is 577. The number of halogens is 2. The van der Waals surface area contributed by atoms with Crippen LogP contribution in [0.1, 0.15) is 18.0 Å². The SMILES string of the molecule is O=C(O)CCNC(=O)C(c1ccc(Cl)cc1Cl)N1CCOCC1. The molecule has 0 radical (unpaired) electrons. The van der Waals surface area contributed by atoms with Gasteiger partial charge in [0.15, 0.2) is 0 Å². The van der Waals surface area contributed by atoms with Gasteiger partial charge in [0.05, 0.1) is 19.6 Å². The van der Waals surface area contributed by atoms with Crippen molar-refractivity contribution >= 4 is 35.1 Å². The number of nitrogens with one attached hydrogen (secondary N) is 1. The minimum atomic E-state index is -0.960. The molecule has 1 fully saturated rings. The maximum Gasteiger partial charge on any atom is 0.305 e. The van der Waals surface area contributed by atoms with Crippen molar-refractivity contribution in [3.05, 3.63) is 33.8 Å². The number of hydrogen-bond acceptors (Lipinski definition) is 4. The summed E-state index contributed by atoms with van der Waals surface area (Å²) in [6, 6.07) is 4.40. The van der Waals surface area contributed by atoms with Gasteiger partial charge >= 0.3 is 5.97 Å². The van der Waals surface area contributed by atoms with E-state index in [0.717, 1.165) is 0 Å². The molecule has 1 unspecified atom stereocenters. The maximum absolute atomic E-state index is 12.6. The van der Waals surface area contributed by atoms with Crippen molar-refractivity contribution in [1.82, 2.24) is 10.2 Å². The average molecular weight is 361 g/mol. The van der Waals surface area contributed by atoms with E-state index in [0.29, 0.717) is 41.9 Å². The Morgan fingerprint density at radius 1 is 1.30 bits per heavy atom. The molecular weight excluding hydrogens is 343 g/mol. The van der Waals surface area contributed by atoms with E-state index in [2.05, 4.69) is 5.32 Å². The molecule has 0 bridgehead atoms. The zero-order chi connectivity index (χ0) is 16.8. The minimum absolute atomic E-state index is 0.0697. The summed E-state index contributed by atoms with van der Waals surface area (Å²) in [6.07, 6.45) is -0.129. The van der Waals surface area contributed by atoms with Crippen molar-refractivity contribution in [2.24, 2.45) is 0 Å². The average Bonchev–Trinajstić information content (AvgIpc) is 2.50. The number of rotatable bonds is 6. The summed E-state index contributed by atoms with van der Waals surface area (Å²) in [7, 11) is 0. The lowest BCUT2D eigenvalue weighted by molar-refractivity contribution is -0.137. The van der Waals surface area contributed by atoms with Crippen molar-refractivity contribution in [3.8, 4) is 0 Å². The molecule has 0 saturated carbocycles. The molecule has 8 heteroatoms. The monoisotopic (exact) mass is 360 g/mol. The van der Waals surface area contributed by atoms with Crippen molar-refractivity contribution in [1.29, 1.82) is 0 Å². The van der Waals surface area contributed by atoms with Crippen LogP contribution < -0.4 is 5.32 Å². The summed E-state index contributed by atoms with van der Waals surface area (Å²) in [6.45, 7) is 2.32. The van der Waals surface area contributed by atoms with Crippen molar-refractivity contribution in [2.45, 2.75) is 12.5 Å². The quantitative estimate of drug-likeness (QED) is 0.810. The molecule has 6 nitrogen and oxygen atoms in total. The van der Waals surface area contributed by atoms with Gasteiger partial charge in [-0.05, 0) is 17.7 Å². The predicted molar refractivity (Wildman–Crippen MR) is 86.9 cm³/mol. The second-order valence-electron chi connectivity index (χ2n) is 5.15. The number of benzene rings is 1. The van der Waals surface area contributed by atoms with Gasteiger partial charge in [0.2, 0.25) is 5.91 Å². The van der Waals surface area contributed by atoms with Crippen LogP contribution in [0, 0.1) is 0 Å². The predicted octanol–water partition coefficient (Wildman–Crippen LogP) is 1.96. The highest BCUT2D eigenvalue weighted by Crippen LogP contribution is 2.30. The summed E-state index contributed by atoms with van der Waals surface area (Å²) in [4.78, 5) is 25.2. The number of carbonyl (C=O) groups excluding carboxylic acids is 1. The first-order valence-electron chi connectivity index (χ1n) is 7.25. The molecular formula is C15H18Cl2N2O4. The first-order chi connectivity index (χ1) is 11.0. The number of carbonyl (C=O) groups is 2. The van der Waals surface area contributed by atoms with Crippen molar-refractivity contribution < 1.29 is 19.4 Å². The fraction of sp³-hybridized carbons (Fsp3) is 0.467. The molecule has 23 heavy (non-hydrogen) atoms. The molecule has 1 atom stereocenters. The standard InChI is InChI=1S/C15H18Cl2N2O4/c16-10-1-2-11(12(17)9-10)14(19-5-7-23-8-6-19)15(22)18-4-3-13(20)21/h1-2,9,14H,3-8H2,(H,18,22)(H,20,21). The van der Waals surface area contributed by atoms with Crippen LogP contribution in [0.3, 0.4) is 0 Å². The lowest BCUT2D eigenvalue weighted by Gasteiger charge is -2.34. The molecule has 0 aromatic heterocycles. The highest BCUT2D eigenvalue weighted by Gasteiger charge is 2.30. The minimum Gasteiger partial charge on any atom is -0.481 e. The number of aliphatic carboxylic acids is 1. The smallest absolute Gasteiger partial charge is 0.305 e. The molecule has 1 saturated heterocycles. The molecule has 2 N–H and O–H groups in total. The number of nitrogens with zero attached hydrogens (tertiary/aromatic N) is 1. The Labute approximate surface area is 144 Å². The largest absolute Gasteiger partial charge is 0.481 e. The van der Waals surface area contributed by atoms with Crippen LogP contribution in [0.2, 0.25) is 10.0 Å². The Hall–Kier alpha value is -1.34. The van der Waals surface area contributed by atoms with Crippen LogP contribution in [0.5, 0.6) is 0 Å². The van der Waals surface area contributed by atoms with E-state index in [1.165, 1.54) is 0 Å². The summed E-state index contributed by atoms with van der Waals surface area (Å²) >= 11 is 12.2. The van der Waals surface area contributed by atoms with Crippen molar-refractivity contribution in [3.63, 3.8) is 0 Å². The summed E-state index contributed by atoms with van der Waals surface area (Å²) < 4.78 is 5.32. The van der Waals surface area contributed by atoms with E-state index in [1.807, 2.05) is 4.90 Å². The molecule has 1 amide bonds. The topological polar surface area (TPSA) is 78.9 Å². The third kappa shape index (κ3) is 5.07. The van der Waals surface area contributed by atoms with Crippen LogP contribution in [0.15, 0.2) is 18.2 Å². The fourth-order valence-electron chi connectivity index (χ4n) is 2.45. The van der Waals surface area contributed by atoms with Crippen LogP contribution >= 0.6 is 23.2 Å². The molecule has 0 spiro atoms. The van der Waals surface area contributed by atoms with Crippen LogP contribution in [-0.4, -0.2) is 54.7 Å². The molecule has 1 aliphatic heterocycles. The number of carboxylic acid groups (broad SMARTS) is 1. The molecule has 1 aromatic rings. The Morgan fingerprint density at radius 2 is 2.00 bits per heavy atom. The second kappa shape index (κ2) is 8.49.